The average Bonchev–Trinajstić information content (AvgIpc) is 3.27. The third kappa shape index (κ3) is 7.69. The number of unbranched alkanes of at least 4 members (excludes halogenated alkanes) is 2. The van der Waals surface area contributed by atoms with E-state index < -0.39 is 36.1 Å². The predicted octanol–water partition coefficient (Wildman–Crippen LogP) is 4.26. The standard InChI is InChI=1S/C28H47N3O5/c1-4-5-6-8-27-9-12-28(13-10-27,14-11-27)19-36-26(35)31-23(16-20(2)3)25(34)30-22(18-32)17-21-7-15-29-24(21)33/h18,20-23H,4-17,19H2,1-3H3,(H,29,33)(H,30,34)(H,31,35)/t21-,22+,23+,27?,28?/m1/s1/i19D2. The summed E-state index contributed by atoms with van der Waals surface area (Å²) in [6.07, 6.45) is 10.6. The first kappa shape index (κ1) is 25.5. The van der Waals surface area contributed by atoms with E-state index in [0.717, 1.165) is 19.3 Å². The van der Waals surface area contributed by atoms with Gasteiger partial charge in [-0.2, -0.15) is 0 Å². The van der Waals surface area contributed by atoms with Gasteiger partial charge in [0.15, 0.2) is 0 Å². The van der Waals surface area contributed by atoms with Crippen LogP contribution < -0.4 is 16.0 Å². The molecule has 204 valence electrons. The number of aldehydes is 1. The molecular weight excluding hydrogens is 458 g/mol. The van der Waals surface area contributed by atoms with Crippen molar-refractivity contribution in [3.05, 3.63) is 0 Å². The summed E-state index contributed by atoms with van der Waals surface area (Å²) in [5, 5.41) is 7.94. The second kappa shape index (κ2) is 12.9. The molecule has 8 nitrogen and oxygen atoms in total. The van der Waals surface area contributed by atoms with Crippen LogP contribution >= 0.6 is 0 Å². The number of carbonyl (C=O) groups is 4. The maximum absolute atomic E-state index is 13.0. The van der Waals surface area contributed by atoms with Crippen molar-refractivity contribution in [2.45, 2.75) is 116 Å². The summed E-state index contributed by atoms with van der Waals surface area (Å²) in [5.41, 5.74) is -0.388. The molecule has 1 aliphatic heterocycles. The first-order valence-corrected chi connectivity index (χ1v) is 14.0. The maximum Gasteiger partial charge on any atom is 0.407 e. The van der Waals surface area contributed by atoms with Crippen LogP contribution in [0.5, 0.6) is 0 Å². The van der Waals surface area contributed by atoms with Gasteiger partial charge in [-0.3, -0.25) is 9.59 Å². The van der Waals surface area contributed by atoms with Crippen LogP contribution in [0.4, 0.5) is 4.79 Å². The summed E-state index contributed by atoms with van der Waals surface area (Å²) in [7, 11) is 0. The van der Waals surface area contributed by atoms with Gasteiger partial charge in [-0.25, -0.2) is 4.79 Å². The van der Waals surface area contributed by atoms with Crippen molar-refractivity contribution in [2.24, 2.45) is 22.7 Å². The Morgan fingerprint density at radius 2 is 1.81 bits per heavy atom. The van der Waals surface area contributed by atoms with Gasteiger partial charge >= 0.3 is 6.09 Å². The highest BCUT2D eigenvalue weighted by atomic mass is 16.5. The fraction of sp³-hybridized carbons (Fsp3) is 0.857. The molecule has 3 saturated carbocycles. The van der Waals surface area contributed by atoms with E-state index in [-0.39, 0.29) is 24.2 Å². The zero-order valence-electron chi connectivity index (χ0n) is 24.3. The highest BCUT2D eigenvalue weighted by Crippen LogP contribution is 2.58. The lowest BCUT2D eigenvalue weighted by molar-refractivity contribution is -0.127. The highest BCUT2D eigenvalue weighted by molar-refractivity contribution is 5.88. The highest BCUT2D eigenvalue weighted by Gasteiger charge is 2.48. The molecule has 0 spiro atoms. The van der Waals surface area contributed by atoms with Gasteiger partial charge in [0.05, 0.1) is 15.3 Å². The van der Waals surface area contributed by atoms with Gasteiger partial charge in [-0.15, -0.1) is 0 Å². The molecule has 3 aliphatic carbocycles. The summed E-state index contributed by atoms with van der Waals surface area (Å²) < 4.78 is 22.9. The van der Waals surface area contributed by atoms with Crippen LogP contribution in [-0.4, -0.2) is 49.4 Å². The van der Waals surface area contributed by atoms with Gasteiger partial charge in [0, 0.05) is 17.9 Å². The Kier molecular flexibility index (Phi) is 9.15. The van der Waals surface area contributed by atoms with Crippen molar-refractivity contribution in [3.8, 4) is 0 Å². The topological polar surface area (TPSA) is 114 Å². The largest absolute Gasteiger partial charge is 0.449 e. The zero-order chi connectivity index (χ0) is 28.0. The van der Waals surface area contributed by atoms with Gasteiger partial charge < -0.3 is 25.5 Å². The van der Waals surface area contributed by atoms with Crippen molar-refractivity contribution in [3.63, 3.8) is 0 Å². The average molecular weight is 508 g/mol. The first-order chi connectivity index (χ1) is 17.9. The normalized spacial score (nSPS) is 30.1. The third-order valence-electron chi connectivity index (χ3n) is 8.58. The number of fused-ring (bicyclic) bond motifs is 3. The molecule has 4 rings (SSSR count). The minimum Gasteiger partial charge on any atom is -0.449 e. The molecule has 36 heavy (non-hydrogen) atoms. The number of amides is 3. The summed E-state index contributed by atoms with van der Waals surface area (Å²) >= 11 is 0. The van der Waals surface area contributed by atoms with E-state index >= 15 is 0 Å². The quantitative estimate of drug-likeness (QED) is 0.240. The fourth-order valence-electron chi connectivity index (χ4n) is 6.18. The molecule has 2 bridgehead atoms. The van der Waals surface area contributed by atoms with Crippen molar-refractivity contribution in [1.29, 1.82) is 0 Å². The Bertz CT molecular complexity index is 841. The third-order valence-corrected chi connectivity index (χ3v) is 8.58. The Balaban J connectivity index is 1.58. The summed E-state index contributed by atoms with van der Waals surface area (Å²) in [6.45, 7) is 4.42. The van der Waals surface area contributed by atoms with Crippen LogP contribution in [0.2, 0.25) is 0 Å². The van der Waals surface area contributed by atoms with E-state index in [0.29, 0.717) is 50.4 Å². The van der Waals surface area contributed by atoms with Gasteiger partial charge in [0.2, 0.25) is 11.8 Å². The summed E-state index contributed by atoms with van der Waals surface area (Å²) in [5.74, 6) is -0.960. The van der Waals surface area contributed by atoms with Crippen LogP contribution in [-0.2, 0) is 19.1 Å². The number of hydrogen-bond donors (Lipinski definition) is 3. The van der Waals surface area contributed by atoms with Crippen LogP contribution in [0.1, 0.15) is 107 Å². The number of nitrogens with one attached hydrogen (secondary N) is 3. The zero-order valence-corrected chi connectivity index (χ0v) is 22.3. The van der Waals surface area contributed by atoms with Crippen molar-refractivity contribution in [2.75, 3.05) is 13.1 Å². The molecule has 0 aromatic carbocycles. The lowest BCUT2D eigenvalue weighted by Crippen LogP contribution is -2.51. The van der Waals surface area contributed by atoms with E-state index in [4.69, 9.17) is 7.48 Å². The van der Waals surface area contributed by atoms with Gasteiger partial charge in [-0.1, -0.05) is 40.0 Å². The molecule has 0 unspecified atom stereocenters. The SMILES string of the molecule is [2H]C([2H])(OC(=O)N[C@@H](CC(C)C)C(=O)N[C@H](C=O)C[C@H]1CCNC1=O)C12CCC(CCCCC)(CC1)CC2. The molecule has 1 heterocycles. The molecule has 3 amide bonds. The molecule has 0 aromatic rings. The molecule has 0 radical (unpaired) electrons. The van der Waals surface area contributed by atoms with E-state index in [9.17, 15) is 19.2 Å². The lowest BCUT2D eigenvalue weighted by atomic mass is 9.53. The number of carbonyl (C=O) groups excluding carboxylic acids is 4. The molecule has 8 heteroatoms. The monoisotopic (exact) mass is 507 g/mol. The van der Waals surface area contributed by atoms with Crippen molar-refractivity contribution < 1.29 is 26.7 Å². The number of alkyl carbamates (subject to hydrolysis) is 1. The smallest absolute Gasteiger partial charge is 0.407 e. The number of hydrogen-bond acceptors (Lipinski definition) is 5. The number of ether oxygens (including phenoxy) is 1. The Morgan fingerprint density at radius 3 is 2.36 bits per heavy atom. The van der Waals surface area contributed by atoms with Crippen LogP contribution in [0, 0.1) is 22.7 Å². The van der Waals surface area contributed by atoms with E-state index in [1.807, 2.05) is 13.8 Å². The Hall–Kier alpha value is -2.12. The molecule has 3 atom stereocenters. The number of rotatable bonds is 14. The molecular formula is C28H47N3O5. The van der Waals surface area contributed by atoms with Crippen LogP contribution in [0.15, 0.2) is 0 Å². The molecule has 4 aliphatic rings. The summed E-state index contributed by atoms with van der Waals surface area (Å²) in [6, 6.07) is -1.84. The minimum absolute atomic E-state index is 0.0502. The van der Waals surface area contributed by atoms with Crippen molar-refractivity contribution >= 4 is 24.2 Å². The van der Waals surface area contributed by atoms with E-state index in [2.05, 4.69) is 22.9 Å². The summed E-state index contributed by atoms with van der Waals surface area (Å²) in [4.78, 5) is 49.5. The second-order valence-corrected chi connectivity index (χ2v) is 11.8. The van der Waals surface area contributed by atoms with E-state index in [1.165, 1.54) is 25.7 Å². The van der Waals surface area contributed by atoms with Gasteiger partial charge in [0.25, 0.3) is 0 Å². The van der Waals surface area contributed by atoms with Crippen LogP contribution in [0.25, 0.3) is 0 Å². The molecule has 3 N–H and O–H groups in total. The first-order valence-electron chi connectivity index (χ1n) is 15.0. The molecule has 1 saturated heterocycles. The van der Waals surface area contributed by atoms with Gasteiger partial charge in [0.1, 0.15) is 12.3 Å². The second-order valence-electron chi connectivity index (χ2n) is 11.8. The maximum atomic E-state index is 13.0. The Morgan fingerprint density at radius 1 is 1.14 bits per heavy atom. The van der Waals surface area contributed by atoms with Crippen LogP contribution in [0.3, 0.4) is 0 Å². The molecule has 4 fully saturated rings. The molecule has 0 aromatic heterocycles. The predicted molar refractivity (Wildman–Crippen MR) is 138 cm³/mol. The minimum atomic E-state index is -2.15. The Labute approximate surface area is 219 Å². The van der Waals surface area contributed by atoms with E-state index in [1.54, 1.807) is 0 Å². The fourth-order valence-corrected chi connectivity index (χ4v) is 6.18. The van der Waals surface area contributed by atoms with Crippen molar-refractivity contribution in [1.82, 2.24) is 16.0 Å². The van der Waals surface area contributed by atoms with Gasteiger partial charge in [-0.05, 0) is 75.5 Å². The lowest BCUT2D eigenvalue weighted by Gasteiger charge is -2.53.